The number of urea groups is 1. The van der Waals surface area contributed by atoms with Gasteiger partial charge in [0, 0.05) is 24.9 Å². The van der Waals surface area contributed by atoms with Gasteiger partial charge in [0.05, 0.1) is 13.2 Å². The number of nitrogens with zero attached hydrogens (tertiary/aromatic N) is 2. The zero-order chi connectivity index (χ0) is 15.4. The lowest BCUT2D eigenvalue weighted by atomic mass is 10.0. The fraction of sp³-hybridized carbons (Fsp3) is 0.333. The van der Waals surface area contributed by atoms with E-state index in [1.165, 1.54) is 0 Å². The summed E-state index contributed by atoms with van der Waals surface area (Å²) in [5.74, 6) is 1.27. The summed E-state index contributed by atoms with van der Waals surface area (Å²) in [5, 5.41) is 9.67. The number of ether oxygens (including phenoxy) is 1. The van der Waals surface area contributed by atoms with Gasteiger partial charge in [-0.25, -0.2) is 4.79 Å². The van der Waals surface area contributed by atoms with Gasteiger partial charge in [0.15, 0.2) is 5.82 Å². The number of rotatable bonds is 4. The highest BCUT2D eigenvalue weighted by Crippen LogP contribution is 2.26. The highest BCUT2D eigenvalue weighted by molar-refractivity contribution is 5.88. The van der Waals surface area contributed by atoms with Crippen LogP contribution in [0.1, 0.15) is 24.1 Å². The van der Waals surface area contributed by atoms with Crippen LogP contribution in [0.15, 0.2) is 30.5 Å². The Bertz CT molecular complexity index is 636. The number of hydrogen-bond donors (Lipinski definition) is 2. The molecule has 0 fully saturated rings. The van der Waals surface area contributed by atoms with Gasteiger partial charge in [0.2, 0.25) is 0 Å². The summed E-state index contributed by atoms with van der Waals surface area (Å²) in [6.45, 7) is 3.92. The predicted molar refractivity (Wildman–Crippen MR) is 81.5 cm³/mol. The van der Waals surface area contributed by atoms with Gasteiger partial charge < -0.3 is 10.1 Å². The molecular formula is C15H20N4O2. The molecule has 0 radical (unpaired) electrons. The second kappa shape index (κ2) is 6.30. The molecule has 2 rings (SSSR count). The average molecular weight is 288 g/mol. The van der Waals surface area contributed by atoms with Crippen molar-refractivity contribution in [2.24, 2.45) is 7.05 Å². The summed E-state index contributed by atoms with van der Waals surface area (Å²) in [6, 6.07) is 7.14. The first-order valence-corrected chi connectivity index (χ1v) is 6.71. The summed E-state index contributed by atoms with van der Waals surface area (Å²) in [7, 11) is 3.41. The van der Waals surface area contributed by atoms with Gasteiger partial charge in [-0.2, -0.15) is 5.10 Å². The summed E-state index contributed by atoms with van der Waals surface area (Å²) in [5.41, 5.74) is 2.05. The first-order valence-electron chi connectivity index (χ1n) is 6.71. The molecule has 112 valence electrons. The van der Waals surface area contributed by atoms with E-state index in [9.17, 15) is 4.79 Å². The van der Waals surface area contributed by atoms with Crippen molar-refractivity contribution in [1.29, 1.82) is 0 Å². The number of amides is 2. The van der Waals surface area contributed by atoms with Crippen LogP contribution in [0.25, 0.3) is 0 Å². The quantitative estimate of drug-likeness (QED) is 0.908. The Kier molecular flexibility index (Phi) is 4.47. The molecule has 2 amide bonds. The number of methoxy groups -OCH3 is 1. The molecule has 0 saturated heterocycles. The molecule has 0 saturated carbocycles. The number of nitrogens with one attached hydrogen (secondary N) is 2. The van der Waals surface area contributed by atoms with Crippen molar-refractivity contribution in [3.05, 3.63) is 41.6 Å². The Morgan fingerprint density at radius 3 is 2.76 bits per heavy atom. The Balaban J connectivity index is 2.05. The standard InChI is InChI=1S/C15H20N4O2/c1-10-5-6-13(21-4)12(9-10)11(2)16-15(20)17-14-7-8-19(3)18-14/h5-9,11H,1-4H3,(H2,16,17,18,20). The van der Waals surface area contributed by atoms with Crippen LogP contribution in [0.5, 0.6) is 5.75 Å². The van der Waals surface area contributed by atoms with Crippen molar-refractivity contribution in [3.8, 4) is 5.75 Å². The predicted octanol–water partition coefficient (Wildman–Crippen LogP) is 2.62. The number of hydrogen-bond acceptors (Lipinski definition) is 3. The Hall–Kier alpha value is -2.50. The maximum atomic E-state index is 12.0. The third-order valence-electron chi connectivity index (χ3n) is 3.15. The van der Waals surface area contributed by atoms with E-state index in [-0.39, 0.29) is 12.1 Å². The number of anilines is 1. The average Bonchev–Trinajstić information content (AvgIpc) is 2.83. The minimum absolute atomic E-state index is 0.177. The normalized spacial score (nSPS) is 11.8. The molecule has 0 aliphatic rings. The van der Waals surface area contributed by atoms with Gasteiger partial charge in [0.1, 0.15) is 5.75 Å². The van der Waals surface area contributed by atoms with Crippen LogP contribution in [-0.2, 0) is 7.05 Å². The summed E-state index contributed by atoms with van der Waals surface area (Å²) >= 11 is 0. The maximum absolute atomic E-state index is 12.0. The Morgan fingerprint density at radius 1 is 1.38 bits per heavy atom. The lowest BCUT2D eigenvalue weighted by Crippen LogP contribution is -2.31. The van der Waals surface area contributed by atoms with Crippen molar-refractivity contribution in [3.63, 3.8) is 0 Å². The second-order valence-corrected chi connectivity index (χ2v) is 4.94. The maximum Gasteiger partial charge on any atom is 0.320 e. The molecule has 21 heavy (non-hydrogen) atoms. The molecule has 1 aromatic carbocycles. The summed E-state index contributed by atoms with van der Waals surface area (Å²) in [6.07, 6.45) is 1.77. The van der Waals surface area contributed by atoms with Crippen LogP contribution in [0, 0.1) is 6.92 Å². The molecule has 6 nitrogen and oxygen atoms in total. The van der Waals surface area contributed by atoms with E-state index in [4.69, 9.17) is 4.74 Å². The van der Waals surface area contributed by atoms with Crippen LogP contribution in [0.3, 0.4) is 0 Å². The molecule has 1 aromatic heterocycles. The topological polar surface area (TPSA) is 68.2 Å². The molecule has 1 heterocycles. The highest BCUT2D eigenvalue weighted by atomic mass is 16.5. The lowest BCUT2D eigenvalue weighted by molar-refractivity contribution is 0.249. The number of carbonyl (C=O) groups is 1. The van der Waals surface area contributed by atoms with Crippen LogP contribution in [0.2, 0.25) is 0 Å². The minimum atomic E-state index is -0.301. The van der Waals surface area contributed by atoms with Crippen molar-refractivity contribution in [2.75, 3.05) is 12.4 Å². The molecular weight excluding hydrogens is 268 g/mol. The fourth-order valence-electron chi connectivity index (χ4n) is 2.10. The number of aryl methyl sites for hydroxylation is 2. The Morgan fingerprint density at radius 2 is 2.14 bits per heavy atom. The van der Waals surface area contributed by atoms with Gasteiger partial charge in [-0.05, 0) is 19.9 Å². The lowest BCUT2D eigenvalue weighted by Gasteiger charge is -2.18. The molecule has 6 heteroatoms. The molecule has 1 atom stereocenters. The zero-order valence-electron chi connectivity index (χ0n) is 12.7. The van der Waals surface area contributed by atoms with Crippen molar-refractivity contribution in [2.45, 2.75) is 19.9 Å². The molecule has 2 N–H and O–H groups in total. The van der Waals surface area contributed by atoms with E-state index >= 15 is 0 Å². The van der Waals surface area contributed by atoms with Gasteiger partial charge in [-0.3, -0.25) is 10.00 Å². The van der Waals surface area contributed by atoms with E-state index < -0.39 is 0 Å². The molecule has 0 bridgehead atoms. The molecule has 0 aliphatic carbocycles. The number of aromatic nitrogens is 2. The fourth-order valence-corrected chi connectivity index (χ4v) is 2.10. The SMILES string of the molecule is COc1ccc(C)cc1C(C)NC(=O)Nc1ccn(C)n1. The van der Waals surface area contributed by atoms with Crippen LogP contribution in [-0.4, -0.2) is 22.9 Å². The number of benzene rings is 1. The largest absolute Gasteiger partial charge is 0.496 e. The first-order chi connectivity index (χ1) is 9.99. The number of carbonyl (C=O) groups excluding carboxylic acids is 1. The minimum Gasteiger partial charge on any atom is -0.496 e. The van der Waals surface area contributed by atoms with Crippen molar-refractivity contribution in [1.82, 2.24) is 15.1 Å². The van der Waals surface area contributed by atoms with Crippen LogP contribution in [0.4, 0.5) is 10.6 Å². The van der Waals surface area contributed by atoms with E-state index in [0.717, 1.165) is 16.9 Å². The van der Waals surface area contributed by atoms with Crippen LogP contribution < -0.4 is 15.4 Å². The second-order valence-electron chi connectivity index (χ2n) is 4.94. The molecule has 2 aromatic rings. The van der Waals surface area contributed by atoms with Crippen LogP contribution >= 0.6 is 0 Å². The van der Waals surface area contributed by atoms with Crippen molar-refractivity contribution >= 4 is 11.8 Å². The molecule has 1 unspecified atom stereocenters. The monoisotopic (exact) mass is 288 g/mol. The molecule has 0 spiro atoms. The van der Waals surface area contributed by atoms with Gasteiger partial charge in [-0.15, -0.1) is 0 Å². The van der Waals surface area contributed by atoms with Gasteiger partial charge >= 0.3 is 6.03 Å². The third kappa shape index (κ3) is 3.75. The zero-order valence-corrected chi connectivity index (χ0v) is 12.7. The van der Waals surface area contributed by atoms with Gasteiger partial charge in [-0.1, -0.05) is 17.7 Å². The highest BCUT2D eigenvalue weighted by Gasteiger charge is 2.14. The third-order valence-corrected chi connectivity index (χ3v) is 3.15. The van der Waals surface area contributed by atoms with Crippen molar-refractivity contribution < 1.29 is 9.53 Å². The smallest absolute Gasteiger partial charge is 0.320 e. The molecule has 0 aliphatic heterocycles. The summed E-state index contributed by atoms with van der Waals surface area (Å²) < 4.78 is 6.96. The van der Waals surface area contributed by atoms with E-state index in [2.05, 4.69) is 15.7 Å². The van der Waals surface area contributed by atoms with E-state index in [1.54, 1.807) is 31.1 Å². The van der Waals surface area contributed by atoms with E-state index in [0.29, 0.717) is 5.82 Å². The Labute approximate surface area is 124 Å². The van der Waals surface area contributed by atoms with Gasteiger partial charge in [0.25, 0.3) is 0 Å². The summed E-state index contributed by atoms with van der Waals surface area (Å²) in [4.78, 5) is 12.0. The van der Waals surface area contributed by atoms with E-state index in [1.807, 2.05) is 32.0 Å². The first kappa shape index (κ1) is 14.9.